The minimum atomic E-state index is -0.952. The predicted molar refractivity (Wildman–Crippen MR) is 60.9 cm³/mol. The van der Waals surface area contributed by atoms with Gasteiger partial charge in [-0.25, -0.2) is 0 Å². The molecule has 0 atom stereocenters. The van der Waals surface area contributed by atoms with E-state index < -0.39 is 5.97 Å². The van der Waals surface area contributed by atoms with Gasteiger partial charge in [-0.3, -0.25) is 9.59 Å². The Hall–Kier alpha value is -1.06. The minimum Gasteiger partial charge on any atom is -0.480 e. The SMILES string of the molecule is CCN(CC(=O)O)C(=O)C1C(C)(C)C1(C)C. The van der Waals surface area contributed by atoms with Crippen LogP contribution in [0.15, 0.2) is 0 Å². The van der Waals surface area contributed by atoms with Gasteiger partial charge in [-0.2, -0.15) is 0 Å². The van der Waals surface area contributed by atoms with Gasteiger partial charge in [0.15, 0.2) is 0 Å². The number of carbonyl (C=O) groups excluding carboxylic acids is 1. The number of amides is 1. The molecule has 0 radical (unpaired) electrons. The zero-order valence-electron chi connectivity index (χ0n) is 10.7. The lowest BCUT2D eigenvalue weighted by Crippen LogP contribution is -2.37. The van der Waals surface area contributed by atoms with Crippen LogP contribution in [0.3, 0.4) is 0 Å². The highest BCUT2D eigenvalue weighted by atomic mass is 16.4. The maximum absolute atomic E-state index is 12.2. The van der Waals surface area contributed by atoms with E-state index in [0.29, 0.717) is 6.54 Å². The smallest absolute Gasteiger partial charge is 0.323 e. The second kappa shape index (κ2) is 3.75. The van der Waals surface area contributed by atoms with E-state index in [1.807, 2.05) is 6.92 Å². The molecule has 1 saturated carbocycles. The maximum atomic E-state index is 12.2. The van der Waals surface area contributed by atoms with Gasteiger partial charge in [0, 0.05) is 12.5 Å². The number of aliphatic carboxylic acids is 1. The molecule has 0 spiro atoms. The molecule has 1 N–H and O–H groups in total. The molecule has 0 aliphatic heterocycles. The molecule has 1 aliphatic carbocycles. The second-order valence-electron chi connectivity index (χ2n) is 5.62. The number of hydrogen-bond donors (Lipinski definition) is 1. The molecule has 4 heteroatoms. The Bertz CT molecular complexity index is 306. The quantitative estimate of drug-likeness (QED) is 0.793. The number of carbonyl (C=O) groups is 2. The van der Waals surface area contributed by atoms with E-state index in [0.717, 1.165) is 0 Å². The van der Waals surface area contributed by atoms with E-state index in [4.69, 9.17) is 5.11 Å². The van der Waals surface area contributed by atoms with Crippen LogP contribution in [-0.2, 0) is 9.59 Å². The zero-order chi connectivity index (χ0) is 12.7. The van der Waals surface area contributed by atoms with Crippen molar-refractivity contribution in [3.05, 3.63) is 0 Å². The van der Waals surface area contributed by atoms with Crippen molar-refractivity contribution in [3.63, 3.8) is 0 Å². The maximum Gasteiger partial charge on any atom is 0.323 e. The normalized spacial score (nSPS) is 21.6. The van der Waals surface area contributed by atoms with Gasteiger partial charge in [-0.05, 0) is 17.8 Å². The first-order valence-corrected chi connectivity index (χ1v) is 5.66. The van der Waals surface area contributed by atoms with Crippen LogP contribution < -0.4 is 0 Å². The second-order valence-corrected chi connectivity index (χ2v) is 5.62. The summed E-state index contributed by atoms with van der Waals surface area (Å²) in [6, 6.07) is 0. The largest absolute Gasteiger partial charge is 0.480 e. The van der Waals surface area contributed by atoms with Gasteiger partial charge in [0.05, 0.1) is 0 Å². The fourth-order valence-electron chi connectivity index (χ4n) is 2.51. The van der Waals surface area contributed by atoms with Gasteiger partial charge in [-0.1, -0.05) is 27.7 Å². The molecular formula is C12H21NO3. The van der Waals surface area contributed by atoms with Crippen molar-refractivity contribution in [2.45, 2.75) is 34.6 Å². The fraction of sp³-hybridized carbons (Fsp3) is 0.833. The average molecular weight is 227 g/mol. The van der Waals surface area contributed by atoms with Gasteiger partial charge in [0.1, 0.15) is 6.54 Å². The Labute approximate surface area is 96.6 Å². The molecule has 0 aromatic carbocycles. The summed E-state index contributed by atoms with van der Waals surface area (Å²) in [7, 11) is 0. The standard InChI is InChI=1S/C12H21NO3/c1-6-13(7-8(14)15)10(16)9-11(2,3)12(9,4)5/h9H,6-7H2,1-5H3,(H,14,15). The molecule has 0 saturated heterocycles. The Kier molecular flexibility index (Phi) is 3.05. The third-order valence-corrected chi connectivity index (χ3v) is 4.29. The summed E-state index contributed by atoms with van der Waals surface area (Å²) >= 11 is 0. The summed E-state index contributed by atoms with van der Waals surface area (Å²) < 4.78 is 0. The van der Waals surface area contributed by atoms with Crippen molar-refractivity contribution in [1.29, 1.82) is 0 Å². The van der Waals surface area contributed by atoms with Crippen molar-refractivity contribution >= 4 is 11.9 Å². The summed E-state index contributed by atoms with van der Waals surface area (Å²) in [5, 5.41) is 8.73. The van der Waals surface area contributed by atoms with E-state index in [1.165, 1.54) is 4.90 Å². The Morgan fingerprint density at radius 3 is 1.88 bits per heavy atom. The van der Waals surface area contributed by atoms with E-state index in [9.17, 15) is 9.59 Å². The number of carboxylic acid groups (broad SMARTS) is 1. The van der Waals surface area contributed by atoms with Gasteiger partial charge < -0.3 is 10.0 Å². The summed E-state index contributed by atoms with van der Waals surface area (Å²) in [4.78, 5) is 24.2. The van der Waals surface area contributed by atoms with Crippen LogP contribution in [0.25, 0.3) is 0 Å². The van der Waals surface area contributed by atoms with Crippen molar-refractivity contribution in [2.24, 2.45) is 16.7 Å². The van der Waals surface area contributed by atoms with Gasteiger partial charge in [0.25, 0.3) is 0 Å². The number of hydrogen-bond acceptors (Lipinski definition) is 2. The van der Waals surface area contributed by atoms with Crippen molar-refractivity contribution in [2.75, 3.05) is 13.1 Å². The molecule has 16 heavy (non-hydrogen) atoms. The lowest BCUT2D eigenvalue weighted by atomic mass is 10.0. The molecule has 4 nitrogen and oxygen atoms in total. The van der Waals surface area contributed by atoms with Crippen LogP contribution in [-0.4, -0.2) is 35.0 Å². The highest BCUT2D eigenvalue weighted by molar-refractivity contribution is 5.87. The van der Waals surface area contributed by atoms with E-state index in [-0.39, 0.29) is 29.2 Å². The highest BCUT2D eigenvalue weighted by Gasteiger charge is 2.68. The topological polar surface area (TPSA) is 57.6 Å². The lowest BCUT2D eigenvalue weighted by Gasteiger charge is -2.19. The van der Waals surface area contributed by atoms with Crippen molar-refractivity contribution in [1.82, 2.24) is 4.90 Å². The number of likely N-dealkylation sites (N-methyl/N-ethyl adjacent to an activating group) is 1. The molecule has 0 bridgehead atoms. The molecule has 1 amide bonds. The van der Waals surface area contributed by atoms with Crippen LogP contribution in [0, 0.1) is 16.7 Å². The summed E-state index contributed by atoms with van der Waals surface area (Å²) in [5.41, 5.74) is -0.0635. The molecule has 0 aromatic rings. The highest BCUT2D eigenvalue weighted by Crippen LogP contribution is 2.68. The van der Waals surface area contributed by atoms with E-state index >= 15 is 0 Å². The minimum absolute atomic E-state index is 0.0279. The summed E-state index contributed by atoms with van der Waals surface area (Å²) in [6.07, 6.45) is 0. The van der Waals surface area contributed by atoms with Crippen LogP contribution in [0.5, 0.6) is 0 Å². The molecule has 0 aromatic heterocycles. The molecule has 1 aliphatic rings. The van der Waals surface area contributed by atoms with Crippen LogP contribution in [0.1, 0.15) is 34.6 Å². The third-order valence-electron chi connectivity index (χ3n) is 4.29. The first-order valence-electron chi connectivity index (χ1n) is 5.66. The van der Waals surface area contributed by atoms with Crippen LogP contribution >= 0.6 is 0 Å². The monoisotopic (exact) mass is 227 g/mol. The van der Waals surface area contributed by atoms with Gasteiger partial charge >= 0.3 is 5.97 Å². The van der Waals surface area contributed by atoms with E-state index in [1.54, 1.807) is 0 Å². The predicted octanol–water partition coefficient (Wildman–Crippen LogP) is 1.60. The van der Waals surface area contributed by atoms with Crippen LogP contribution in [0.2, 0.25) is 0 Å². The molecular weight excluding hydrogens is 206 g/mol. The number of carboxylic acids is 1. The molecule has 1 rings (SSSR count). The van der Waals surface area contributed by atoms with Gasteiger partial charge in [0.2, 0.25) is 5.91 Å². The fourth-order valence-corrected chi connectivity index (χ4v) is 2.51. The summed E-state index contributed by atoms with van der Waals surface area (Å²) in [5.74, 6) is -1.04. The molecule has 1 fully saturated rings. The van der Waals surface area contributed by atoms with Gasteiger partial charge in [-0.15, -0.1) is 0 Å². The van der Waals surface area contributed by atoms with Crippen molar-refractivity contribution in [3.8, 4) is 0 Å². The molecule has 92 valence electrons. The average Bonchev–Trinajstić information content (AvgIpc) is 2.52. The Balaban J connectivity index is 2.76. The van der Waals surface area contributed by atoms with Crippen LogP contribution in [0.4, 0.5) is 0 Å². The first-order chi connectivity index (χ1) is 7.16. The molecule has 0 unspecified atom stereocenters. The summed E-state index contributed by atoms with van der Waals surface area (Å²) in [6.45, 7) is 10.3. The number of nitrogens with zero attached hydrogens (tertiary/aromatic N) is 1. The van der Waals surface area contributed by atoms with Crippen molar-refractivity contribution < 1.29 is 14.7 Å². The zero-order valence-corrected chi connectivity index (χ0v) is 10.7. The Morgan fingerprint density at radius 2 is 1.62 bits per heavy atom. The van der Waals surface area contributed by atoms with E-state index in [2.05, 4.69) is 27.7 Å². The number of rotatable bonds is 4. The Morgan fingerprint density at radius 1 is 1.19 bits per heavy atom. The first kappa shape index (κ1) is 13.0. The lowest BCUT2D eigenvalue weighted by molar-refractivity contribution is -0.145. The molecule has 0 heterocycles. The third kappa shape index (κ3) is 1.81.